The van der Waals surface area contributed by atoms with Gasteiger partial charge in [-0.25, -0.2) is 4.98 Å². The van der Waals surface area contributed by atoms with Crippen LogP contribution in [-0.4, -0.2) is 29.0 Å². The third kappa shape index (κ3) is 5.20. The average Bonchev–Trinajstić information content (AvgIpc) is 3.42. The Balaban J connectivity index is 1.38. The number of nitrogens with one attached hydrogen (secondary N) is 2. The van der Waals surface area contributed by atoms with E-state index in [4.69, 9.17) is 0 Å². The smallest absolute Gasteiger partial charge is 0.248 e. The highest BCUT2D eigenvalue weighted by Crippen LogP contribution is 2.22. The minimum absolute atomic E-state index is 0.156. The molecule has 29 heavy (non-hydrogen) atoms. The van der Waals surface area contributed by atoms with Gasteiger partial charge in [-0.05, 0) is 61.6 Å². The predicted octanol–water partition coefficient (Wildman–Crippen LogP) is 4.84. The van der Waals surface area contributed by atoms with Crippen LogP contribution in [-0.2, 0) is 4.79 Å². The van der Waals surface area contributed by atoms with E-state index in [9.17, 15) is 4.79 Å². The number of hydrogen-bond donors (Lipinski definition) is 2. The maximum atomic E-state index is 12.1. The lowest BCUT2D eigenvalue weighted by atomic mass is 10.2. The fourth-order valence-electron chi connectivity index (χ4n) is 3.21. The first-order valence-corrected chi connectivity index (χ1v) is 10.5. The number of carbonyl (C=O) groups excluding carboxylic acids is 1. The van der Waals surface area contributed by atoms with Gasteiger partial charge in [0.25, 0.3) is 0 Å². The molecule has 1 saturated heterocycles. The van der Waals surface area contributed by atoms with Crippen molar-refractivity contribution in [1.82, 2.24) is 9.97 Å². The Bertz CT molecular complexity index is 993. The highest BCUT2D eigenvalue weighted by atomic mass is 32.1. The van der Waals surface area contributed by atoms with Crippen LogP contribution in [0.2, 0.25) is 0 Å². The van der Waals surface area contributed by atoms with E-state index in [0.29, 0.717) is 5.95 Å². The van der Waals surface area contributed by atoms with Gasteiger partial charge in [0.1, 0.15) is 5.82 Å². The minimum Gasteiger partial charge on any atom is -0.356 e. The van der Waals surface area contributed by atoms with Crippen molar-refractivity contribution >= 4 is 46.5 Å². The summed E-state index contributed by atoms with van der Waals surface area (Å²) in [5.41, 5.74) is 2.54. The second-order valence-corrected chi connectivity index (χ2v) is 7.90. The van der Waals surface area contributed by atoms with Crippen LogP contribution >= 0.6 is 11.3 Å². The van der Waals surface area contributed by atoms with Gasteiger partial charge in [-0.1, -0.05) is 6.07 Å². The molecule has 0 spiro atoms. The molecule has 6 nitrogen and oxygen atoms in total. The molecular formula is C22H23N5OS. The summed E-state index contributed by atoms with van der Waals surface area (Å²) in [6.07, 6.45) is 5.77. The van der Waals surface area contributed by atoms with Crippen LogP contribution in [0.5, 0.6) is 0 Å². The molecule has 2 N–H and O–H groups in total. The van der Waals surface area contributed by atoms with Crippen molar-refractivity contribution in [2.75, 3.05) is 28.6 Å². The second-order valence-electron chi connectivity index (χ2n) is 6.93. The SMILES string of the molecule is Cc1cc(N2CCCC2)nc(Nc2ccc(NC(=O)/C=C/c3cccs3)cc2)n1. The predicted molar refractivity (Wildman–Crippen MR) is 120 cm³/mol. The second kappa shape index (κ2) is 8.87. The van der Waals surface area contributed by atoms with E-state index < -0.39 is 0 Å². The quantitative estimate of drug-likeness (QED) is 0.574. The Kier molecular flexibility index (Phi) is 5.86. The molecule has 0 saturated carbocycles. The molecule has 0 unspecified atom stereocenters. The molecule has 3 aromatic rings. The first-order chi connectivity index (χ1) is 14.2. The molecular weight excluding hydrogens is 382 g/mol. The average molecular weight is 406 g/mol. The van der Waals surface area contributed by atoms with E-state index in [1.807, 2.05) is 60.8 Å². The van der Waals surface area contributed by atoms with E-state index in [0.717, 1.165) is 40.9 Å². The summed E-state index contributed by atoms with van der Waals surface area (Å²) in [7, 11) is 0. The lowest BCUT2D eigenvalue weighted by Gasteiger charge is -2.17. The van der Waals surface area contributed by atoms with Gasteiger partial charge >= 0.3 is 0 Å². The summed E-state index contributed by atoms with van der Waals surface area (Å²) < 4.78 is 0. The minimum atomic E-state index is -0.156. The zero-order valence-corrected chi connectivity index (χ0v) is 17.1. The molecule has 4 rings (SSSR count). The molecule has 0 bridgehead atoms. The number of rotatable bonds is 6. The van der Waals surface area contributed by atoms with Crippen LogP contribution in [0.25, 0.3) is 6.08 Å². The fourth-order valence-corrected chi connectivity index (χ4v) is 3.83. The molecule has 0 aliphatic carbocycles. The van der Waals surface area contributed by atoms with Crippen LogP contribution in [0.1, 0.15) is 23.4 Å². The number of aryl methyl sites for hydroxylation is 1. The van der Waals surface area contributed by atoms with Gasteiger partial charge in [0, 0.05) is 47.2 Å². The number of nitrogens with zero attached hydrogens (tertiary/aromatic N) is 3. The van der Waals surface area contributed by atoms with E-state index in [1.54, 1.807) is 17.4 Å². The number of anilines is 4. The van der Waals surface area contributed by atoms with Crippen molar-refractivity contribution in [2.24, 2.45) is 0 Å². The van der Waals surface area contributed by atoms with Crippen LogP contribution < -0.4 is 15.5 Å². The largest absolute Gasteiger partial charge is 0.356 e. The summed E-state index contributed by atoms with van der Waals surface area (Å²) in [6, 6.07) is 13.5. The molecule has 1 aromatic carbocycles. The fraction of sp³-hybridized carbons (Fsp3) is 0.227. The molecule has 1 fully saturated rings. The van der Waals surface area contributed by atoms with Crippen molar-refractivity contribution in [3.63, 3.8) is 0 Å². The van der Waals surface area contributed by atoms with E-state index in [-0.39, 0.29) is 5.91 Å². The van der Waals surface area contributed by atoms with Crippen LogP contribution in [0, 0.1) is 6.92 Å². The zero-order valence-electron chi connectivity index (χ0n) is 16.3. The molecule has 3 heterocycles. The monoisotopic (exact) mass is 405 g/mol. The third-order valence-corrected chi connectivity index (χ3v) is 5.46. The highest BCUT2D eigenvalue weighted by Gasteiger charge is 2.15. The van der Waals surface area contributed by atoms with Gasteiger partial charge in [0.15, 0.2) is 0 Å². The lowest BCUT2D eigenvalue weighted by molar-refractivity contribution is -0.111. The molecule has 2 aromatic heterocycles. The molecule has 148 valence electrons. The first kappa shape index (κ1) is 19.1. The number of amides is 1. The van der Waals surface area contributed by atoms with Crippen molar-refractivity contribution in [2.45, 2.75) is 19.8 Å². The maximum Gasteiger partial charge on any atom is 0.248 e. The lowest BCUT2D eigenvalue weighted by Crippen LogP contribution is -2.19. The maximum absolute atomic E-state index is 12.1. The van der Waals surface area contributed by atoms with Crippen LogP contribution in [0.3, 0.4) is 0 Å². The Morgan fingerprint density at radius 2 is 1.86 bits per heavy atom. The van der Waals surface area contributed by atoms with E-state index in [2.05, 4.69) is 25.5 Å². The molecule has 0 radical (unpaired) electrons. The Morgan fingerprint density at radius 3 is 2.59 bits per heavy atom. The number of hydrogen-bond acceptors (Lipinski definition) is 6. The number of carbonyl (C=O) groups is 1. The van der Waals surface area contributed by atoms with Gasteiger partial charge in [0.05, 0.1) is 0 Å². The Hall–Kier alpha value is -3.19. The Labute approximate surface area is 174 Å². The number of thiophene rings is 1. The van der Waals surface area contributed by atoms with Crippen molar-refractivity contribution in [3.8, 4) is 0 Å². The summed E-state index contributed by atoms with van der Waals surface area (Å²) in [5.74, 6) is 1.40. The summed E-state index contributed by atoms with van der Waals surface area (Å²) in [4.78, 5) is 24.5. The van der Waals surface area contributed by atoms with Crippen molar-refractivity contribution in [1.29, 1.82) is 0 Å². The topological polar surface area (TPSA) is 70.2 Å². The molecule has 0 atom stereocenters. The summed E-state index contributed by atoms with van der Waals surface area (Å²) in [6.45, 7) is 4.07. The Morgan fingerprint density at radius 1 is 1.10 bits per heavy atom. The zero-order chi connectivity index (χ0) is 20.1. The standard InChI is InChI=1S/C22H23N5OS/c1-16-15-20(27-12-2-3-13-27)26-22(23-16)25-18-8-6-17(7-9-18)24-21(28)11-10-19-5-4-14-29-19/h4-11,14-15H,2-3,12-13H2,1H3,(H,24,28)(H,23,25,26)/b11-10+. The number of aromatic nitrogens is 2. The molecule has 1 aliphatic heterocycles. The van der Waals surface area contributed by atoms with Gasteiger partial charge < -0.3 is 15.5 Å². The first-order valence-electron chi connectivity index (χ1n) is 9.66. The summed E-state index contributed by atoms with van der Waals surface area (Å²) >= 11 is 1.59. The van der Waals surface area contributed by atoms with Gasteiger partial charge in [0.2, 0.25) is 11.9 Å². The normalized spacial score (nSPS) is 13.8. The third-order valence-electron chi connectivity index (χ3n) is 4.62. The molecule has 1 aliphatic rings. The van der Waals surface area contributed by atoms with Crippen molar-refractivity contribution < 1.29 is 4.79 Å². The van der Waals surface area contributed by atoms with Gasteiger partial charge in [-0.2, -0.15) is 4.98 Å². The summed E-state index contributed by atoms with van der Waals surface area (Å²) in [5, 5.41) is 8.10. The molecule has 7 heteroatoms. The van der Waals surface area contributed by atoms with Crippen LogP contribution in [0.15, 0.2) is 53.9 Å². The van der Waals surface area contributed by atoms with E-state index >= 15 is 0 Å². The number of benzene rings is 1. The molecule has 1 amide bonds. The van der Waals surface area contributed by atoms with Crippen molar-refractivity contribution in [3.05, 3.63) is 64.5 Å². The van der Waals surface area contributed by atoms with Gasteiger partial charge in [-0.3, -0.25) is 4.79 Å². The van der Waals surface area contributed by atoms with E-state index in [1.165, 1.54) is 12.8 Å². The highest BCUT2D eigenvalue weighted by molar-refractivity contribution is 7.10. The van der Waals surface area contributed by atoms with Gasteiger partial charge in [-0.15, -0.1) is 11.3 Å². The van der Waals surface area contributed by atoms with Crippen LogP contribution in [0.4, 0.5) is 23.1 Å².